The lowest BCUT2D eigenvalue weighted by molar-refractivity contribution is -0.118. The molecular formula is C13H13FN2O2S. The van der Waals surface area contributed by atoms with E-state index in [0.717, 1.165) is 0 Å². The summed E-state index contributed by atoms with van der Waals surface area (Å²) >= 11 is 1.25. The lowest BCUT2D eigenvalue weighted by Crippen LogP contribution is -2.24. The van der Waals surface area contributed by atoms with Gasteiger partial charge in [0.05, 0.1) is 24.2 Å². The second kappa shape index (κ2) is 6.29. The minimum Gasteiger partial charge on any atom is -0.467 e. The summed E-state index contributed by atoms with van der Waals surface area (Å²) in [5.74, 6) is 0.292. The van der Waals surface area contributed by atoms with Crippen LogP contribution in [0.5, 0.6) is 0 Å². The molecule has 1 aromatic carbocycles. The standard InChI is InChI=1S/C13H13FN2O2S/c14-11-6-10(3-4-12(11)15)19-8-13(17)16-7-9-2-1-5-18-9/h1-6H,7-8,15H2,(H,16,17). The summed E-state index contributed by atoms with van der Waals surface area (Å²) in [6.07, 6.45) is 1.55. The van der Waals surface area contributed by atoms with Crippen molar-refractivity contribution in [1.82, 2.24) is 5.32 Å². The normalized spacial score (nSPS) is 10.4. The number of furan rings is 1. The number of halogens is 1. The van der Waals surface area contributed by atoms with Gasteiger partial charge in [-0.1, -0.05) is 0 Å². The summed E-state index contributed by atoms with van der Waals surface area (Å²) in [4.78, 5) is 12.2. The quantitative estimate of drug-likeness (QED) is 0.652. The van der Waals surface area contributed by atoms with Gasteiger partial charge in [0.15, 0.2) is 0 Å². The topological polar surface area (TPSA) is 68.3 Å². The molecule has 0 aliphatic heterocycles. The first-order valence-corrected chi connectivity index (χ1v) is 6.60. The van der Waals surface area contributed by atoms with Crippen LogP contribution in [0.25, 0.3) is 0 Å². The minimum atomic E-state index is -0.471. The molecule has 0 radical (unpaired) electrons. The first-order valence-electron chi connectivity index (χ1n) is 5.62. The maximum atomic E-state index is 13.2. The molecule has 2 aromatic rings. The van der Waals surface area contributed by atoms with Crippen molar-refractivity contribution >= 4 is 23.4 Å². The molecule has 1 aromatic heterocycles. The van der Waals surface area contributed by atoms with Crippen LogP contribution < -0.4 is 11.1 Å². The number of rotatable bonds is 5. The van der Waals surface area contributed by atoms with Crippen molar-refractivity contribution in [2.75, 3.05) is 11.5 Å². The van der Waals surface area contributed by atoms with Crippen LogP contribution in [0.1, 0.15) is 5.76 Å². The Morgan fingerprint density at radius 3 is 2.95 bits per heavy atom. The third-order valence-electron chi connectivity index (χ3n) is 2.38. The molecule has 0 spiro atoms. The number of amides is 1. The highest BCUT2D eigenvalue weighted by Gasteiger charge is 2.05. The molecule has 100 valence electrons. The molecule has 1 heterocycles. The van der Waals surface area contributed by atoms with Crippen molar-refractivity contribution in [3.05, 3.63) is 48.2 Å². The summed E-state index contributed by atoms with van der Waals surface area (Å²) in [5, 5.41) is 2.71. The maximum absolute atomic E-state index is 13.2. The van der Waals surface area contributed by atoms with Gasteiger partial charge in [-0.25, -0.2) is 4.39 Å². The maximum Gasteiger partial charge on any atom is 0.230 e. The smallest absolute Gasteiger partial charge is 0.230 e. The fraction of sp³-hybridized carbons (Fsp3) is 0.154. The Morgan fingerprint density at radius 1 is 1.42 bits per heavy atom. The van der Waals surface area contributed by atoms with E-state index in [4.69, 9.17) is 10.2 Å². The van der Waals surface area contributed by atoms with Crippen LogP contribution in [0, 0.1) is 5.82 Å². The average Bonchev–Trinajstić information content (AvgIpc) is 2.91. The van der Waals surface area contributed by atoms with E-state index in [9.17, 15) is 9.18 Å². The molecular weight excluding hydrogens is 267 g/mol. The molecule has 2 rings (SSSR count). The molecule has 4 nitrogen and oxygen atoms in total. The predicted molar refractivity (Wildman–Crippen MR) is 72.1 cm³/mol. The molecule has 0 bridgehead atoms. The number of thioether (sulfide) groups is 1. The first kappa shape index (κ1) is 13.5. The Hall–Kier alpha value is -1.95. The van der Waals surface area contributed by atoms with Gasteiger partial charge in [-0.05, 0) is 30.3 Å². The van der Waals surface area contributed by atoms with Gasteiger partial charge in [-0.3, -0.25) is 4.79 Å². The number of hydrogen-bond donors (Lipinski definition) is 2. The van der Waals surface area contributed by atoms with Crippen molar-refractivity contribution < 1.29 is 13.6 Å². The number of hydrogen-bond acceptors (Lipinski definition) is 4. The van der Waals surface area contributed by atoms with Gasteiger partial charge in [0.2, 0.25) is 5.91 Å². The zero-order chi connectivity index (χ0) is 13.7. The van der Waals surface area contributed by atoms with E-state index in [1.54, 1.807) is 24.5 Å². The molecule has 0 saturated heterocycles. The van der Waals surface area contributed by atoms with E-state index in [1.807, 2.05) is 0 Å². The minimum absolute atomic E-state index is 0.103. The second-order valence-electron chi connectivity index (χ2n) is 3.83. The van der Waals surface area contributed by atoms with Crippen molar-refractivity contribution in [1.29, 1.82) is 0 Å². The van der Waals surface area contributed by atoms with E-state index in [2.05, 4.69) is 5.32 Å². The molecule has 0 aliphatic carbocycles. The molecule has 0 unspecified atom stereocenters. The van der Waals surface area contributed by atoms with E-state index in [-0.39, 0.29) is 17.3 Å². The zero-order valence-corrected chi connectivity index (χ0v) is 10.9. The van der Waals surface area contributed by atoms with Crippen LogP contribution in [0.2, 0.25) is 0 Å². The van der Waals surface area contributed by atoms with E-state index < -0.39 is 5.82 Å². The number of nitrogen functional groups attached to an aromatic ring is 1. The summed E-state index contributed by atoms with van der Waals surface area (Å²) in [7, 11) is 0. The van der Waals surface area contributed by atoms with Crippen LogP contribution in [-0.2, 0) is 11.3 Å². The Morgan fingerprint density at radius 2 is 2.26 bits per heavy atom. The number of anilines is 1. The summed E-state index contributed by atoms with van der Waals surface area (Å²) < 4.78 is 18.3. The van der Waals surface area contributed by atoms with Crippen LogP contribution in [0.4, 0.5) is 10.1 Å². The Kier molecular flexibility index (Phi) is 4.46. The van der Waals surface area contributed by atoms with Gasteiger partial charge in [0.25, 0.3) is 0 Å². The lowest BCUT2D eigenvalue weighted by atomic mass is 10.3. The van der Waals surface area contributed by atoms with Gasteiger partial charge in [-0.2, -0.15) is 0 Å². The summed E-state index contributed by atoms with van der Waals surface area (Å²) in [6, 6.07) is 8.03. The van der Waals surface area contributed by atoms with Gasteiger partial charge in [-0.15, -0.1) is 11.8 Å². The van der Waals surface area contributed by atoms with Crippen LogP contribution in [0.15, 0.2) is 45.9 Å². The zero-order valence-electron chi connectivity index (χ0n) is 10.1. The number of carbonyl (C=O) groups is 1. The van der Waals surface area contributed by atoms with E-state index >= 15 is 0 Å². The van der Waals surface area contributed by atoms with Crippen molar-refractivity contribution in [3.8, 4) is 0 Å². The average molecular weight is 280 g/mol. The number of nitrogens with one attached hydrogen (secondary N) is 1. The highest BCUT2D eigenvalue weighted by Crippen LogP contribution is 2.21. The Labute approximate surface area is 114 Å². The predicted octanol–water partition coefficient (Wildman–Crippen LogP) is 2.41. The second-order valence-corrected chi connectivity index (χ2v) is 4.88. The summed E-state index contributed by atoms with van der Waals surface area (Å²) in [6.45, 7) is 0.350. The first-order chi connectivity index (χ1) is 9.15. The van der Waals surface area contributed by atoms with Gasteiger partial charge >= 0.3 is 0 Å². The van der Waals surface area contributed by atoms with Crippen molar-refractivity contribution in [2.45, 2.75) is 11.4 Å². The molecule has 1 amide bonds. The Bertz CT molecular complexity index is 558. The van der Waals surface area contributed by atoms with Crippen molar-refractivity contribution in [3.63, 3.8) is 0 Å². The highest BCUT2D eigenvalue weighted by atomic mass is 32.2. The molecule has 0 atom stereocenters. The SMILES string of the molecule is Nc1ccc(SCC(=O)NCc2ccco2)cc1F. The number of carbonyl (C=O) groups excluding carboxylic acids is 1. The fourth-order valence-corrected chi connectivity index (χ4v) is 2.15. The number of nitrogens with two attached hydrogens (primary N) is 1. The molecule has 3 N–H and O–H groups in total. The highest BCUT2D eigenvalue weighted by molar-refractivity contribution is 8.00. The third-order valence-corrected chi connectivity index (χ3v) is 3.38. The molecule has 0 saturated carbocycles. The number of benzene rings is 1. The molecule has 6 heteroatoms. The van der Waals surface area contributed by atoms with E-state index in [1.165, 1.54) is 23.9 Å². The third kappa shape index (κ3) is 4.03. The van der Waals surface area contributed by atoms with Gasteiger partial charge in [0, 0.05) is 4.90 Å². The van der Waals surface area contributed by atoms with Gasteiger partial charge < -0.3 is 15.5 Å². The summed E-state index contributed by atoms with van der Waals surface area (Å²) in [5.41, 5.74) is 5.48. The van der Waals surface area contributed by atoms with Gasteiger partial charge in [0.1, 0.15) is 11.6 Å². The molecule has 0 fully saturated rings. The van der Waals surface area contributed by atoms with Crippen LogP contribution in [-0.4, -0.2) is 11.7 Å². The largest absolute Gasteiger partial charge is 0.467 e. The van der Waals surface area contributed by atoms with Crippen LogP contribution in [0.3, 0.4) is 0 Å². The molecule has 19 heavy (non-hydrogen) atoms. The van der Waals surface area contributed by atoms with E-state index in [0.29, 0.717) is 17.2 Å². The fourth-order valence-electron chi connectivity index (χ4n) is 1.40. The molecule has 0 aliphatic rings. The Balaban J connectivity index is 1.78. The lowest BCUT2D eigenvalue weighted by Gasteiger charge is -2.04. The van der Waals surface area contributed by atoms with Crippen molar-refractivity contribution in [2.24, 2.45) is 0 Å². The monoisotopic (exact) mass is 280 g/mol. The van der Waals surface area contributed by atoms with Crippen LogP contribution >= 0.6 is 11.8 Å².